The van der Waals surface area contributed by atoms with E-state index in [-0.39, 0.29) is 23.5 Å². The fraction of sp³-hybridized carbons (Fsp3) is 0.227. The quantitative estimate of drug-likeness (QED) is 0.318. The van der Waals surface area contributed by atoms with E-state index in [0.717, 1.165) is 0 Å². The molecule has 0 saturated carbocycles. The molecule has 0 aliphatic carbocycles. The Morgan fingerprint density at radius 2 is 1.73 bits per heavy atom. The molecule has 1 aromatic heterocycles. The summed E-state index contributed by atoms with van der Waals surface area (Å²) in [6.07, 6.45) is -0.207. The number of esters is 1. The third kappa shape index (κ3) is 4.16. The van der Waals surface area contributed by atoms with Crippen LogP contribution in [0.3, 0.4) is 0 Å². The number of ether oxygens (including phenoxy) is 3. The highest BCUT2D eigenvalue weighted by molar-refractivity contribution is 6.30. The highest BCUT2D eigenvalue weighted by Gasteiger charge is 2.29. The second-order valence-electron chi connectivity index (χ2n) is 6.41. The predicted molar refractivity (Wildman–Crippen MR) is 111 cm³/mol. The Kier molecular flexibility index (Phi) is 6.42. The van der Waals surface area contributed by atoms with Crippen LogP contribution in [0.25, 0.3) is 11.0 Å². The van der Waals surface area contributed by atoms with Crippen LogP contribution in [0.5, 0.6) is 11.5 Å². The average molecular weight is 431 g/mol. The zero-order valence-electron chi connectivity index (χ0n) is 16.6. The van der Waals surface area contributed by atoms with Crippen LogP contribution in [0.1, 0.15) is 28.3 Å². The maximum absolute atomic E-state index is 12.8. The summed E-state index contributed by atoms with van der Waals surface area (Å²) in [6.45, 7) is 0. The number of ketones is 1. The first kappa shape index (κ1) is 21.4. The molecule has 30 heavy (non-hydrogen) atoms. The smallest absolute Gasteiger partial charge is 0.336 e. The van der Waals surface area contributed by atoms with Crippen molar-refractivity contribution in [1.82, 2.24) is 0 Å². The van der Waals surface area contributed by atoms with Gasteiger partial charge in [-0.05, 0) is 42.0 Å². The first-order chi connectivity index (χ1) is 14.4. The summed E-state index contributed by atoms with van der Waals surface area (Å²) in [7, 11) is 4.08. The molecule has 2 aromatic carbocycles. The standard InChI is InChI=1S/C22H19ClO7/c1-27-18-9-8-14-15(11-19(25)30-20(14)21(18)28-2)16(22(26)29-3)10-17(24)12-4-6-13(23)7-5-12/h4-9,11,16H,10H2,1-3H3/t16-/m0/s1. The Labute approximate surface area is 177 Å². The molecular formula is C22H19ClO7. The fourth-order valence-corrected chi connectivity index (χ4v) is 3.38. The number of benzene rings is 2. The zero-order chi connectivity index (χ0) is 21.8. The molecule has 156 valence electrons. The van der Waals surface area contributed by atoms with Crippen LogP contribution < -0.4 is 15.1 Å². The van der Waals surface area contributed by atoms with E-state index in [1.165, 1.54) is 27.4 Å². The third-order valence-corrected chi connectivity index (χ3v) is 4.96. The van der Waals surface area contributed by atoms with E-state index < -0.39 is 17.5 Å². The van der Waals surface area contributed by atoms with E-state index in [4.69, 9.17) is 30.2 Å². The Morgan fingerprint density at radius 3 is 2.33 bits per heavy atom. The molecular weight excluding hydrogens is 412 g/mol. The van der Waals surface area contributed by atoms with Crippen molar-refractivity contribution >= 4 is 34.3 Å². The second kappa shape index (κ2) is 9.00. The molecule has 1 atom stereocenters. The van der Waals surface area contributed by atoms with Crippen molar-refractivity contribution in [3.63, 3.8) is 0 Å². The number of fused-ring (bicyclic) bond motifs is 1. The van der Waals surface area contributed by atoms with Crippen molar-refractivity contribution < 1.29 is 28.2 Å². The Hall–Kier alpha value is -3.32. The Balaban J connectivity index is 2.14. The van der Waals surface area contributed by atoms with Crippen LogP contribution in [0, 0.1) is 0 Å². The van der Waals surface area contributed by atoms with E-state index in [0.29, 0.717) is 27.3 Å². The van der Waals surface area contributed by atoms with E-state index in [1.54, 1.807) is 36.4 Å². The van der Waals surface area contributed by atoms with Gasteiger partial charge in [0.25, 0.3) is 0 Å². The van der Waals surface area contributed by atoms with Gasteiger partial charge in [0.1, 0.15) is 0 Å². The van der Waals surface area contributed by atoms with Crippen molar-refractivity contribution in [2.45, 2.75) is 12.3 Å². The lowest BCUT2D eigenvalue weighted by atomic mass is 9.89. The molecule has 0 fully saturated rings. The van der Waals surface area contributed by atoms with Gasteiger partial charge in [-0.1, -0.05) is 11.6 Å². The minimum Gasteiger partial charge on any atom is -0.493 e. The normalized spacial score (nSPS) is 11.7. The number of carbonyl (C=O) groups excluding carboxylic acids is 2. The van der Waals surface area contributed by atoms with Gasteiger partial charge in [-0.15, -0.1) is 0 Å². The van der Waals surface area contributed by atoms with Crippen LogP contribution in [-0.4, -0.2) is 33.1 Å². The minimum atomic E-state index is -1.03. The third-order valence-electron chi connectivity index (χ3n) is 4.70. The summed E-state index contributed by atoms with van der Waals surface area (Å²) in [5.41, 5.74) is 0.111. The van der Waals surface area contributed by atoms with E-state index in [1.807, 2.05) is 0 Å². The van der Waals surface area contributed by atoms with Crippen LogP contribution in [0.15, 0.2) is 51.7 Å². The lowest BCUT2D eigenvalue weighted by molar-refractivity contribution is -0.142. The summed E-state index contributed by atoms with van der Waals surface area (Å²) in [4.78, 5) is 37.7. The summed E-state index contributed by atoms with van der Waals surface area (Å²) >= 11 is 5.87. The zero-order valence-corrected chi connectivity index (χ0v) is 17.3. The Bertz CT molecular complexity index is 1150. The van der Waals surface area contributed by atoms with Crippen LogP contribution in [0.2, 0.25) is 5.02 Å². The molecule has 0 saturated heterocycles. The molecule has 0 aliphatic heterocycles. The predicted octanol–water partition coefficient (Wildman–Crippen LogP) is 3.99. The summed E-state index contributed by atoms with van der Waals surface area (Å²) in [5, 5.41) is 0.926. The maximum atomic E-state index is 12.8. The number of methoxy groups -OCH3 is 3. The second-order valence-corrected chi connectivity index (χ2v) is 6.84. The first-order valence-electron chi connectivity index (χ1n) is 8.95. The van der Waals surface area contributed by atoms with Gasteiger partial charge in [0, 0.05) is 28.5 Å². The summed E-state index contributed by atoms with van der Waals surface area (Å²) in [5.74, 6) is -1.41. The minimum absolute atomic E-state index is 0.118. The lowest BCUT2D eigenvalue weighted by Crippen LogP contribution is -2.20. The monoisotopic (exact) mass is 430 g/mol. The van der Waals surface area contributed by atoms with Crippen LogP contribution in [-0.2, 0) is 9.53 Å². The van der Waals surface area contributed by atoms with Crippen molar-refractivity contribution in [1.29, 1.82) is 0 Å². The number of carbonyl (C=O) groups is 2. The van der Waals surface area contributed by atoms with Crippen molar-refractivity contribution in [3.05, 3.63) is 69.0 Å². The van der Waals surface area contributed by atoms with Gasteiger partial charge in [0.2, 0.25) is 5.75 Å². The molecule has 0 aliphatic rings. The first-order valence-corrected chi connectivity index (χ1v) is 9.32. The van der Waals surface area contributed by atoms with E-state index >= 15 is 0 Å². The number of rotatable bonds is 7. The number of halogens is 1. The SMILES string of the molecule is COC(=O)[C@@H](CC(=O)c1ccc(Cl)cc1)c1cc(=O)oc2c(OC)c(OC)ccc12. The van der Waals surface area contributed by atoms with Gasteiger partial charge in [0.15, 0.2) is 17.1 Å². The number of hydrogen-bond donors (Lipinski definition) is 0. The van der Waals surface area contributed by atoms with E-state index in [2.05, 4.69) is 0 Å². The molecule has 0 N–H and O–H groups in total. The van der Waals surface area contributed by atoms with Crippen molar-refractivity contribution in [3.8, 4) is 11.5 Å². The van der Waals surface area contributed by atoms with Crippen LogP contribution in [0.4, 0.5) is 0 Å². The highest BCUT2D eigenvalue weighted by atomic mass is 35.5. The molecule has 0 bridgehead atoms. The average Bonchev–Trinajstić information content (AvgIpc) is 2.75. The molecule has 3 rings (SSSR count). The van der Waals surface area contributed by atoms with Gasteiger partial charge in [-0.3, -0.25) is 9.59 Å². The Morgan fingerprint density at radius 1 is 1.03 bits per heavy atom. The molecule has 1 heterocycles. The lowest BCUT2D eigenvalue weighted by Gasteiger charge is -2.17. The number of hydrogen-bond acceptors (Lipinski definition) is 7. The molecule has 3 aromatic rings. The summed E-state index contributed by atoms with van der Waals surface area (Å²) in [6, 6.07) is 10.8. The fourth-order valence-electron chi connectivity index (χ4n) is 3.25. The topological polar surface area (TPSA) is 92.0 Å². The highest BCUT2D eigenvalue weighted by Crippen LogP contribution is 2.38. The van der Waals surface area contributed by atoms with Gasteiger partial charge in [-0.2, -0.15) is 0 Å². The molecule has 0 spiro atoms. The van der Waals surface area contributed by atoms with Gasteiger partial charge >= 0.3 is 11.6 Å². The maximum Gasteiger partial charge on any atom is 0.336 e. The summed E-state index contributed by atoms with van der Waals surface area (Å²) < 4.78 is 20.8. The molecule has 0 unspecified atom stereocenters. The van der Waals surface area contributed by atoms with E-state index in [9.17, 15) is 14.4 Å². The number of Topliss-reactive ketones (excluding diaryl/α,β-unsaturated/α-hetero) is 1. The molecule has 7 nitrogen and oxygen atoms in total. The van der Waals surface area contributed by atoms with Gasteiger partial charge in [0.05, 0.1) is 27.2 Å². The largest absolute Gasteiger partial charge is 0.493 e. The van der Waals surface area contributed by atoms with Gasteiger partial charge in [-0.25, -0.2) is 4.79 Å². The molecule has 8 heteroatoms. The molecule has 0 amide bonds. The van der Waals surface area contributed by atoms with Gasteiger partial charge < -0.3 is 18.6 Å². The van der Waals surface area contributed by atoms with Crippen LogP contribution >= 0.6 is 11.6 Å². The van der Waals surface area contributed by atoms with Crippen molar-refractivity contribution in [2.75, 3.05) is 21.3 Å². The molecule has 0 radical (unpaired) electrons. The van der Waals surface area contributed by atoms with Crippen molar-refractivity contribution in [2.24, 2.45) is 0 Å².